The van der Waals surface area contributed by atoms with Gasteiger partial charge in [0.15, 0.2) is 0 Å². The first-order valence-corrected chi connectivity index (χ1v) is 8.95. The van der Waals surface area contributed by atoms with E-state index in [0.717, 1.165) is 0 Å². The number of alkyl halides is 1. The van der Waals surface area contributed by atoms with Gasteiger partial charge < -0.3 is 0 Å². The van der Waals surface area contributed by atoms with Gasteiger partial charge in [-0.25, -0.2) is 0 Å². The molecule has 4 heteroatoms. The van der Waals surface area contributed by atoms with Gasteiger partial charge in [0, 0.05) is 11.8 Å². The van der Waals surface area contributed by atoms with Gasteiger partial charge in [-0.1, -0.05) is 64.5 Å². The molecule has 3 aliphatic carbocycles. The fourth-order valence-electron chi connectivity index (χ4n) is 4.86. The molecule has 6 rings (SSSR count). The van der Waals surface area contributed by atoms with E-state index in [-0.39, 0.29) is 40.9 Å². The minimum absolute atomic E-state index is 0.00194. The standard InChI is InChI=1S/C19H14BrNO2/c20-9-21-18(22)16-14-10-5-1-2-6-11(10)15(17(16)19(21)23)13-8-4-3-7-12(13)14/h1-8,14-17H,9H2. The van der Waals surface area contributed by atoms with E-state index >= 15 is 0 Å². The fraction of sp³-hybridized carbons (Fsp3) is 0.263. The molecule has 2 unspecified atom stereocenters. The predicted molar refractivity (Wildman–Crippen MR) is 89.2 cm³/mol. The maximum Gasteiger partial charge on any atom is 0.234 e. The third-order valence-corrected chi connectivity index (χ3v) is 6.16. The van der Waals surface area contributed by atoms with Crippen LogP contribution in [-0.4, -0.2) is 22.2 Å². The summed E-state index contributed by atoms with van der Waals surface area (Å²) in [6, 6.07) is 16.6. The van der Waals surface area contributed by atoms with Gasteiger partial charge in [-0.05, 0) is 22.3 Å². The molecule has 0 spiro atoms. The molecule has 114 valence electrons. The Morgan fingerprint density at radius 3 is 1.39 bits per heavy atom. The van der Waals surface area contributed by atoms with Crippen molar-refractivity contribution in [3.05, 3.63) is 70.8 Å². The van der Waals surface area contributed by atoms with E-state index in [1.807, 2.05) is 24.3 Å². The number of imide groups is 1. The highest BCUT2D eigenvalue weighted by atomic mass is 79.9. The van der Waals surface area contributed by atoms with Crippen LogP contribution in [0.15, 0.2) is 48.5 Å². The Kier molecular flexibility index (Phi) is 2.66. The summed E-state index contributed by atoms with van der Waals surface area (Å²) in [7, 11) is 0. The van der Waals surface area contributed by atoms with Crippen molar-refractivity contribution in [2.24, 2.45) is 11.8 Å². The minimum atomic E-state index is -0.255. The van der Waals surface area contributed by atoms with Crippen LogP contribution in [0.1, 0.15) is 34.1 Å². The van der Waals surface area contributed by atoms with Crippen molar-refractivity contribution in [1.82, 2.24) is 4.90 Å². The summed E-state index contributed by atoms with van der Waals surface area (Å²) in [5.74, 6) is -0.577. The van der Waals surface area contributed by atoms with E-state index < -0.39 is 0 Å². The molecule has 0 aromatic heterocycles. The van der Waals surface area contributed by atoms with E-state index in [0.29, 0.717) is 0 Å². The van der Waals surface area contributed by atoms with E-state index in [1.54, 1.807) is 0 Å². The quantitative estimate of drug-likeness (QED) is 0.440. The SMILES string of the molecule is O=C1C2C3c4ccccc4C(c4ccccc43)C2C(=O)N1CBr. The molecule has 2 bridgehead atoms. The van der Waals surface area contributed by atoms with Crippen LogP contribution in [0.5, 0.6) is 0 Å². The Morgan fingerprint density at radius 1 is 0.739 bits per heavy atom. The zero-order chi connectivity index (χ0) is 15.7. The maximum atomic E-state index is 12.9. The number of carbonyl (C=O) groups excluding carboxylic acids is 2. The Morgan fingerprint density at radius 2 is 1.09 bits per heavy atom. The smallest absolute Gasteiger partial charge is 0.234 e. The van der Waals surface area contributed by atoms with Crippen LogP contribution in [-0.2, 0) is 9.59 Å². The van der Waals surface area contributed by atoms with Crippen molar-refractivity contribution in [3.8, 4) is 0 Å². The molecule has 3 nitrogen and oxygen atoms in total. The van der Waals surface area contributed by atoms with E-state index in [9.17, 15) is 9.59 Å². The van der Waals surface area contributed by atoms with Crippen LogP contribution in [0.4, 0.5) is 0 Å². The normalized spacial score (nSPS) is 30.2. The second-order valence-corrected chi connectivity index (χ2v) is 6.99. The Bertz CT molecular complexity index is 746. The lowest BCUT2D eigenvalue weighted by molar-refractivity contribution is -0.138. The lowest BCUT2D eigenvalue weighted by atomic mass is 9.55. The summed E-state index contributed by atoms with van der Waals surface area (Å²) in [4.78, 5) is 27.1. The number of halogens is 1. The fourth-order valence-corrected chi connectivity index (χ4v) is 5.35. The topological polar surface area (TPSA) is 37.4 Å². The van der Waals surface area contributed by atoms with Gasteiger partial charge in [0.1, 0.15) is 0 Å². The predicted octanol–water partition coefficient (Wildman–Crippen LogP) is 3.23. The summed E-state index contributed by atoms with van der Waals surface area (Å²) < 4.78 is 0. The maximum absolute atomic E-state index is 12.9. The summed E-state index contributed by atoms with van der Waals surface area (Å²) in [6.45, 7) is 0. The summed E-state index contributed by atoms with van der Waals surface area (Å²) in [6.07, 6.45) is 0. The first-order chi connectivity index (χ1) is 11.2. The third kappa shape index (κ3) is 1.50. The number of carbonyl (C=O) groups is 2. The second-order valence-electron chi connectivity index (χ2n) is 6.49. The summed E-state index contributed by atoms with van der Waals surface area (Å²) in [5.41, 5.74) is 5.15. The van der Waals surface area contributed by atoms with Crippen molar-refractivity contribution in [1.29, 1.82) is 0 Å². The molecule has 1 saturated heterocycles. The number of hydrogen-bond donors (Lipinski definition) is 0. The monoisotopic (exact) mass is 367 g/mol. The number of likely N-dealkylation sites (tertiary alicyclic amines) is 1. The Hall–Kier alpha value is -1.94. The summed E-state index contributed by atoms with van der Waals surface area (Å²) in [5, 5.41) is 0. The summed E-state index contributed by atoms with van der Waals surface area (Å²) >= 11 is 3.31. The zero-order valence-electron chi connectivity index (χ0n) is 12.3. The van der Waals surface area contributed by atoms with Gasteiger partial charge in [0.25, 0.3) is 0 Å². The van der Waals surface area contributed by atoms with Gasteiger partial charge in [0.05, 0.1) is 17.3 Å². The number of rotatable bonds is 1. The van der Waals surface area contributed by atoms with Crippen molar-refractivity contribution < 1.29 is 9.59 Å². The highest BCUT2D eigenvalue weighted by Gasteiger charge is 2.61. The van der Waals surface area contributed by atoms with Crippen molar-refractivity contribution in [2.45, 2.75) is 11.8 Å². The van der Waals surface area contributed by atoms with Crippen LogP contribution in [0, 0.1) is 11.8 Å². The average molecular weight is 368 g/mol. The first-order valence-electron chi connectivity index (χ1n) is 7.83. The van der Waals surface area contributed by atoms with Gasteiger partial charge >= 0.3 is 0 Å². The van der Waals surface area contributed by atoms with E-state index in [2.05, 4.69) is 40.2 Å². The second kappa shape index (κ2) is 4.54. The molecule has 23 heavy (non-hydrogen) atoms. The molecule has 2 aromatic carbocycles. The highest BCUT2D eigenvalue weighted by molar-refractivity contribution is 9.09. The van der Waals surface area contributed by atoms with Gasteiger partial charge in [-0.2, -0.15) is 0 Å². The van der Waals surface area contributed by atoms with Gasteiger partial charge in [-0.15, -0.1) is 0 Å². The molecular formula is C19H14BrNO2. The molecule has 0 radical (unpaired) electrons. The number of benzene rings is 2. The van der Waals surface area contributed by atoms with E-state index in [4.69, 9.17) is 0 Å². The van der Waals surface area contributed by atoms with Crippen LogP contribution in [0.3, 0.4) is 0 Å². The molecule has 0 saturated carbocycles. The lowest BCUT2D eigenvalue weighted by Crippen LogP contribution is -2.41. The van der Waals surface area contributed by atoms with Crippen molar-refractivity contribution in [3.63, 3.8) is 0 Å². The van der Waals surface area contributed by atoms with Crippen LogP contribution in [0.2, 0.25) is 0 Å². The Labute approximate surface area is 142 Å². The molecule has 2 atom stereocenters. The highest BCUT2D eigenvalue weighted by Crippen LogP contribution is 2.60. The molecular weight excluding hydrogens is 354 g/mol. The van der Waals surface area contributed by atoms with Crippen LogP contribution in [0.25, 0.3) is 0 Å². The molecule has 4 aliphatic rings. The van der Waals surface area contributed by atoms with Crippen LogP contribution < -0.4 is 0 Å². The van der Waals surface area contributed by atoms with Gasteiger partial charge in [-0.3, -0.25) is 14.5 Å². The molecule has 1 aliphatic heterocycles. The molecule has 2 amide bonds. The van der Waals surface area contributed by atoms with Crippen LogP contribution >= 0.6 is 15.9 Å². The number of hydrogen-bond acceptors (Lipinski definition) is 2. The minimum Gasteiger partial charge on any atom is -0.274 e. The molecule has 1 heterocycles. The molecule has 1 fully saturated rings. The Balaban J connectivity index is 1.82. The number of amides is 2. The van der Waals surface area contributed by atoms with Crippen molar-refractivity contribution >= 4 is 27.7 Å². The lowest BCUT2D eigenvalue weighted by Gasteiger charge is -2.45. The molecule has 0 N–H and O–H groups in total. The van der Waals surface area contributed by atoms with Gasteiger partial charge in [0.2, 0.25) is 11.8 Å². The zero-order valence-corrected chi connectivity index (χ0v) is 13.9. The molecule has 2 aromatic rings. The largest absolute Gasteiger partial charge is 0.274 e. The van der Waals surface area contributed by atoms with Crippen molar-refractivity contribution in [2.75, 3.05) is 5.45 Å². The first kappa shape index (κ1) is 13.5. The number of nitrogens with zero attached hydrogens (tertiary/aromatic N) is 1. The van der Waals surface area contributed by atoms with E-state index in [1.165, 1.54) is 27.2 Å². The third-order valence-electron chi connectivity index (χ3n) is 5.66. The average Bonchev–Trinajstić information content (AvgIpc) is 2.86.